The second-order valence-corrected chi connectivity index (χ2v) is 9.53. The Labute approximate surface area is 208 Å². The standard InChI is InChI=1S/C25H17ClN2O6S/c1-12-2-6-17(34-12)21-20(22(29)13-3-7-16-18(10-13)33-9-8-32-16)23(30)24(31)28(21)25-27-15-5-4-14(26)11-19(15)35-25/h2-7,10-11,21,29H,8-9H2,1H3/b22-20+. The van der Waals surface area contributed by atoms with Crippen LogP contribution in [0, 0.1) is 6.92 Å². The van der Waals surface area contributed by atoms with E-state index >= 15 is 0 Å². The molecule has 0 bridgehead atoms. The number of nitrogens with zero attached hydrogens (tertiary/aromatic N) is 2. The third-order valence-corrected chi connectivity index (χ3v) is 7.09. The van der Waals surface area contributed by atoms with E-state index in [0.29, 0.717) is 57.5 Å². The number of furan rings is 1. The Morgan fingerprint density at radius 2 is 1.89 bits per heavy atom. The number of aromatic nitrogens is 1. The van der Waals surface area contributed by atoms with E-state index in [4.69, 9.17) is 25.5 Å². The number of hydrogen-bond acceptors (Lipinski definition) is 8. The van der Waals surface area contributed by atoms with Crippen LogP contribution >= 0.6 is 22.9 Å². The fourth-order valence-corrected chi connectivity index (χ4v) is 5.50. The van der Waals surface area contributed by atoms with Crippen LogP contribution in [0.5, 0.6) is 11.5 Å². The number of thiazole rings is 1. The number of fused-ring (bicyclic) bond motifs is 2. The number of rotatable bonds is 3. The maximum atomic E-state index is 13.3. The highest BCUT2D eigenvalue weighted by Crippen LogP contribution is 2.45. The molecule has 4 aromatic rings. The molecule has 4 heterocycles. The molecule has 1 atom stereocenters. The molecule has 1 fully saturated rings. The number of benzene rings is 2. The highest BCUT2D eigenvalue weighted by molar-refractivity contribution is 7.22. The largest absolute Gasteiger partial charge is 0.507 e. The molecule has 2 aliphatic heterocycles. The summed E-state index contributed by atoms with van der Waals surface area (Å²) in [6.07, 6.45) is 0. The third-order valence-electron chi connectivity index (χ3n) is 5.84. The van der Waals surface area contributed by atoms with Gasteiger partial charge in [0.15, 0.2) is 16.6 Å². The summed E-state index contributed by atoms with van der Waals surface area (Å²) in [7, 11) is 0. The van der Waals surface area contributed by atoms with Crippen LogP contribution < -0.4 is 14.4 Å². The number of halogens is 1. The zero-order chi connectivity index (χ0) is 24.3. The Morgan fingerprint density at radius 1 is 1.09 bits per heavy atom. The molecule has 8 nitrogen and oxygen atoms in total. The van der Waals surface area contributed by atoms with Crippen molar-refractivity contribution in [1.82, 2.24) is 4.98 Å². The zero-order valence-corrected chi connectivity index (χ0v) is 19.9. The molecular weight excluding hydrogens is 492 g/mol. The monoisotopic (exact) mass is 508 g/mol. The Hall–Kier alpha value is -3.82. The Morgan fingerprint density at radius 3 is 2.66 bits per heavy atom. The van der Waals surface area contributed by atoms with Gasteiger partial charge in [-0.1, -0.05) is 22.9 Å². The molecule has 0 aliphatic carbocycles. The van der Waals surface area contributed by atoms with Crippen LogP contribution in [-0.4, -0.2) is 35.0 Å². The van der Waals surface area contributed by atoms with E-state index in [1.807, 2.05) is 0 Å². The second kappa shape index (κ2) is 8.14. The highest BCUT2D eigenvalue weighted by Gasteiger charge is 2.49. The normalized spacial score (nSPS) is 19.0. The van der Waals surface area contributed by atoms with Crippen molar-refractivity contribution < 1.29 is 28.6 Å². The first-order valence-corrected chi connectivity index (χ1v) is 11.9. The number of aliphatic hydroxyl groups excluding tert-OH is 1. The summed E-state index contributed by atoms with van der Waals surface area (Å²) in [5, 5.41) is 12.1. The molecule has 0 saturated carbocycles. The van der Waals surface area contributed by atoms with Crippen molar-refractivity contribution in [3.63, 3.8) is 0 Å². The van der Waals surface area contributed by atoms with Crippen LogP contribution in [0.1, 0.15) is 23.1 Å². The number of aliphatic hydroxyl groups is 1. The van der Waals surface area contributed by atoms with Crippen LogP contribution in [-0.2, 0) is 9.59 Å². The molecule has 2 aromatic carbocycles. The Kier molecular flexibility index (Phi) is 5.05. The van der Waals surface area contributed by atoms with Crippen molar-refractivity contribution in [2.45, 2.75) is 13.0 Å². The number of hydrogen-bond donors (Lipinski definition) is 1. The van der Waals surface area contributed by atoms with E-state index < -0.39 is 17.7 Å². The smallest absolute Gasteiger partial charge is 0.302 e. The van der Waals surface area contributed by atoms with Gasteiger partial charge in [-0.05, 0) is 55.5 Å². The van der Waals surface area contributed by atoms with E-state index in [1.165, 1.54) is 16.2 Å². The van der Waals surface area contributed by atoms with Gasteiger partial charge in [-0.3, -0.25) is 14.5 Å². The molecule has 6 rings (SSSR count). The van der Waals surface area contributed by atoms with Gasteiger partial charge in [-0.2, -0.15) is 0 Å². The van der Waals surface area contributed by atoms with Gasteiger partial charge >= 0.3 is 5.91 Å². The Bertz CT molecular complexity index is 1550. The predicted octanol–water partition coefficient (Wildman–Crippen LogP) is 5.25. The zero-order valence-electron chi connectivity index (χ0n) is 18.3. The maximum absolute atomic E-state index is 13.3. The first-order valence-electron chi connectivity index (χ1n) is 10.7. The fraction of sp³-hybridized carbons (Fsp3) is 0.160. The summed E-state index contributed by atoms with van der Waals surface area (Å²) in [5.74, 6) is -0.0743. The second-order valence-electron chi connectivity index (χ2n) is 8.08. The van der Waals surface area contributed by atoms with Gasteiger partial charge in [0, 0.05) is 10.6 Å². The van der Waals surface area contributed by atoms with Gasteiger partial charge in [-0.25, -0.2) is 4.98 Å². The van der Waals surface area contributed by atoms with E-state index in [2.05, 4.69) is 4.98 Å². The number of carbonyl (C=O) groups is 2. The highest BCUT2D eigenvalue weighted by atomic mass is 35.5. The number of carbonyl (C=O) groups excluding carboxylic acids is 2. The molecule has 1 saturated heterocycles. The number of aryl methyl sites for hydroxylation is 1. The first-order chi connectivity index (χ1) is 16.9. The SMILES string of the molecule is Cc1ccc(C2/C(=C(\O)c3ccc4c(c3)OCCO4)C(=O)C(=O)N2c2nc3ccc(Cl)cc3s2)o1. The molecule has 10 heteroatoms. The molecule has 0 spiro atoms. The van der Waals surface area contributed by atoms with Gasteiger partial charge in [-0.15, -0.1) is 0 Å². The molecule has 176 valence electrons. The van der Waals surface area contributed by atoms with Crippen LogP contribution in [0.4, 0.5) is 5.13 Å². The van der Waals surface area contributed by atoms with Crippen molar-refractivity contribution in [3.8, 4) is 11.5 Å². The van der Waals surface area contributed by atoms with Gasteiger partial charge < -0.3 is 19.0 Å². The average Bonchev–Trinajstić information content (AvgIpc) is 3.54. The summed E-state index contributed by atoms with van der Waals surface area (Å²) >= 11 is 7.34. The average molecular weight is 509 g/mol. The van der Waals surface area contributed by atoms with Crippen molar-refractivity contribution in [1.29, 1.82) is 0 Å². The molecule has 2 aromatic heterocycles. The summed E-state index contributed by atoms with van der Waals surface area (Å²) in [4.78, 5) is 32.4. The molecule has 0 radical (unpaired) electrons. The van der Waals surface area contributed by atoms with Gasteiger partial charge in [0.05, 0.1) is 15.8 Å². The summed E-state index contributed by atoms with van der Waals surface area (Å²) in [6, 6.07) is 12.5. The molecule has 1 amide bonds. The van der Waals surface area contributed by atoms with Crippen molar-refractivity contribution >= 4 is 55.7 Å². The van der Waals surface area contributed by atoms with Crippen LogP contribution in [0.2, 0.25) is 5.02 Å². The number of amides is 1. The number of anilines is 1. The lowest BCUT2D eigenvalue weighted by Gasteiger charge is -2.21. The van der Waals surface area contributed by atoms with E-state index in [0.717, 1.165) is 4.70 Å². The van der Waals surface area contributed by atoms with E-state index in [1.54, 1.807) is 55.5 Å². The predicted molar refractivity (Wildman–Crippen MR) is 130 cm³/mol. The molecule has 1 unspecified atom stereocenters. The number of Topliss-reactive ketones (excluding diaryl/α,β-unsaturated/α-hetero) is 1. The number of ketones is 1. The van der Waals surface area contributed by atoms with Crippen molar-refractivity contribution in [2.24, 2.45) is 0 Å². The first kappa shape index (κ1) is 21.7. The molecule has 2 aliphatic rings. The van der Waals surface area contributed by atoms with Crippen LogP contribution in [0.15, 0.2) is 58.5 Å². The minimum absolute atomic E-state index is 0.0988. The van der Waals surface area contributed by atoms with Crippen LogP contribution in [0.3, 0.4) is 0 Å². The number of ether oxygens (including phenoxy) is 2. The molecule has 1 N–H and O–H groups in total. The topological polar surface area (TPSA) is 102 Å². The minimum atomic E-state index is -1.01. The quantitative estimate of drug-likeness (QED) is 0.229. The molecular formula is C25H17ClN2O6S. The van der Waals surface area contributed by atoms with Gasteiger partial charge in [0.2, 0.25) is 0 Å². The summed E-state index contributed by atoms with van der Waals surface area (Å²) < 4.78 is 17.8. The Balaban J connectivity index is 1.53. The van der Waals surface area contributed by atoms with Crippen molar-refractivity contribution in [2.75, 3.05) is 18.1 Å². The fourth-order valence-electron chi connectivity index (χ4n) is 4.23. The van der Waals surface area contributed by atoms with Gasteiger partial charge in [0.25, 0.3) is 5.78 Å². The van der Waals surface area contributed by atoms with E-state index in [-0.39, 0.29) is 11.3 Å². The van der Waals surface area contributed by atoms with Crippen LogP contribution in [0.25, 0.3) is 16.0 Å². The van der Waals surface area contributed by atoms with E-state index in [9.17, 15) is 14.7 Å². The van der Waals surface area contributed by atoms with Crippen molar-refractivity contribution in [3.05, 3.63) is 76.2 Å². The maximum Gasteiger partial charge on any atom is 0.302 e. The van der Waals surface area contributed by atoms with Gasteiger partial charge in [0.1, 0.15) is 36.5 Å². The lowest BCUT2D eigenvalue weighted by Crippen LogP contribution is -2.29. The third kappa shape index (κ3) is 3.55. The minimum Gasteiger partial charge on any atom is -0.507 e. The summed E-state index contributed by atoms with van der Waals surface area (Å²) in [5.41, 5.74) is 0.854. The lowest BCUT2D eigenvalue weighted by molar-refractivity contribution is -0.132. The lowest BCUT2D eigenvalue weighted by atomic mass is 9.99. The summed E-state index contributed by atoms with van der Waals surface area (Å²) in [6.45, 7) is 2.56. The molecule has 35 heavy (non-hydrogen) atoms.